The topological polar surface area (TPSA) is 0 Å². The smallest absolute Gasteiger partial charge is 0.0386 e. The zero-order valence-corrected chi connectivity index (χ0v) is 17.4. The summed E-state index contributed by atoms with van der Waals surface area (Å²) in [5, 5.41) is 0. The van der Waals surface area contributed by atoms with Gasteiger partial charge in [0.1, 0.15) is 0 Å². The van der Waals surface area contributed by atoms with Gasteiger partial charge >= 0.3 is 0 Å². The Bertz CT molecular complexity index is 174. The molecular formula is C24H49. The molecule has 0 aromatic heterocycles. The summed E-state index contributed by atoms with van der Waals surface area (Å²) in [4.78, 5) is 0. The molecule has 24 heavy (non-hydrogen) atoms. The summed E-state index contributed by atoms with van der Waals surface area (Å²) in [5.74, 6) is 0. The Morgan fingerprint density at radius 3 is 0.958 bits per heavy atom. The van der Waals surface area contributed by atoms with Gasteiger partial charge < -0.3 is 0 Å². The molecule has 0 spiro atoms. The maximum Gasteiger partial charge on any atom is -0.0386 e. The number of hydrogen-bond donors (Lipinski definition) is 0. The fraction of sp³-hybridized carbons (Fsp3) is 0.958. The van der Waals surface area contributed by atoms with E-state index in [2.05, 4.69) is 20.3 Å². The molecule has 0 saturated heterocycles. The van der Waals surface area contributed by atoms with E-state index in [4.69, 9.17) is 0 Å². The Hall–Kier alpha value is 0. The van der Waals surface area contributed by atoms with Crippen LogP contribution in [0.4, 0.5) is 0 Å². The highest BCUT2D eigenvalue weighted by Crippen LogP contribution is 2.14. The quantitative estimate of drug-likeness (QED) is 0.183. The number of rotatable bonds is 21. The standard InChI is InChI=1S/C24H49/c1-3-5-7-9-11-13-15-17-19-21-23-24-22-20-18-16-14-12-10-8-6-4-2/h11H,3-10,12-24H2,1-2H3. The first kappa shape index (κ1) is 24.0. The summed E-state index contributed by atoms with van der Waals surface area (Å²) in [6, 6.07) is 0. The lowest BCUT2D eigenvalue weighted by molar-refractivity contribution is 0.528. The summed E-state index contributed by atoms with van der Waals surface area (Å²) < 4.78 is 0. The average Bonchev–Trinajstić information content (AvgIpc) is 2.60. The predicted molar refractivity (Wildman–Crippen MR) is 113 cm³/mol. The van der Waals surface area contributed by atoms with Crippen LogP contribution in [0.5, 0.6) is 0 Å². The Morgan fingerprint density at radius 1 is 0.333 bits per heavy atom. The minimum Gasteiger partial charge on any atom is -0.0654 e. The predicted octanol–water partition coefficient (Wildman–Crippen LogP) is 9.42. The molecule has 0 N–H and O–H groups in total. The van der Waals surface area contributed by atoms with Crippen molar-refractivity contribution in [2.45, 2.75) is 149 Å². The van der Waals surface area contributed by atoms with Crippen molar-refractivity contribution in [1.82, 2.24) is 0 Å². The van der Waals surface area contributed by atoms with Gasteiger partial charge in [0.15, 0.2) is 0 Å². The highest BCUT2D eigenvalue weighted by molar-refractivity contribution is 4.64. The van der Waals surface area contributed by atoms with Crippen LogP contribution in [0.25, 0.3) is 0 Å². The first-order valence-corrected chi connectivity index (χ1v) is 11.7. The lowest BCUT2D eigenvalue weighted by atomic mass is 10.0. The lowest BCUT2D eigenvalue weighted by Crippen LogP contribution is -1.84. The van der Waals surface area contributed by atoms with Gasteiger partial charge in [-0.2, -0.15) is 0 Å². The van der Waals surface area contributed by atoms with Crippen molar-refractivity contribution in [3.63, 3.8) is 0 Å². The minimum absolute atomic E-state index is 1.35. The van der Waals surface area contributed by atoms with Crippen LogP contribution in [0.1, 0.15) is 149 Å². The van der Waals surface area contributed by atoms with E-state index < -0.39 is 0 Å². The van der Waals surface area contributed by atoms with Crippen molar-refractivity contribution in [2.75, 3.05) is 0 Å². The van der Waals surface area contributed by atoms with Crippen LogP contribution in [-0.2, 0) is 0 Å². The molecule has 0 saturated carbocycles. The van der Waals surface area contributed by atoms with E-state index in [-0.39, 0.29) is 0 Å². The van der Waals surface area contributed by atoms with E-state index in [1.54, 1.807) is 0 Å². The molecule has 0 rings (SSSR count). The molecule has 0 heteroatoms. The van der Waals surface area contributed by atoms with Crippen LogP contribution in [-0.4, -0.2) is 0 Å². The highest BCUT2D eigenvalue weighted by Gasteiger charge is 1.95. The van der Waals surface area contributed by atoms with E-state index in [1.165, 1.54) is 135 Å². The molecule has 0 aromatic carbocycles. The van der Waals surface area contributed by atoms with Gasteiger partial charge in [-0.1, -0.05) is 149 Å². The fourth-order valence-electron chi connectivity index (χ4n) is 3.52. The van der Waals surface area contributed by atoms with E-state index in [0.717, 1.165) is 0 Å². The Labute approximate surface area is 155 Å². The van der Waals surface area contributed by atoms with Gasteiger partial charge in [-0.25, -0.2) is 0 Å². The molecule has 1 radical (unpaired) electrons. The zero-order chi connectivity index (χ0) is 17.6. The van der Waals surface area contributed by atoms with E-state index >= 15 is 0 Å². The van der Waals surface area contributed by atoms with Crippen molar-refractivity contribution in [2.24, 2.45) is 0 Å². The molecule has 145 valence electrons. The maximum absolute atomic E-state index is 2.53. The van der Waals surface area contributed by atoms with Gasteiger partial charge in [-0.3, -0.25) is 0 Å². The number of unbranched alkanes of at least 4 members (excludes halogenated alkanes) is 21. The van der Waals surface area contributed by atoms with E-state index in [9.17, 15) is 0 Å². The second kappa shape index (κ2) is 23.0. The molecule has 0 bridgehead atoms. The monoisotopic (exact) mass is 337 g/mol. The molecular weight excluding hydrogens is 288 g/mol. The van der Waals surface area contributed by atoms with Crippen LogP contribution in [0.3, 0.4) is 0 Å². The first-order valence-electron chi connectivity index (χ1n) is 11.7. The number of hydrogen-bond acceptors (Lipinski definition) is 0. The largest absolute Gasteiger partial charge is 0.0654 e. The van der Waals surface area contributed by atoms with E-state index in [1.807, 2.05) is 0 Å². The van der Waals surface area contributed by atoms with Gasteiger partial charge in [-0.05, 0) is 6.42 Å². The molecule has 0 heterocycles. The van der Waals surface area contributed by atoms with Gasteiger partial charge in [0.2, 0.25) is 0 Å². The van der Waals surface area contributed by atoms with Crippen molar-refractivity contribution in [1.29, 1.82) is 0 Å². The van der Waals surface area contributed by atoms with Gasteiger partial charge in [0, 0.05) is 0 Å². The third-order valence-electron chi connectivity index (χ3n) is 5.27. The summed E-state index contributed by atoms with van der Waals surface area (Å²) in [6.45, 7) is 4.59. The summed E-state index contributed by atoms with van der Waals surface area (Å²) in [5.41, 5.74) is 0. The van der Waals surface area contributed by atoms with Gasteiger partial charge in [0.25, 0.3) is 0 Å². The zero-order valence-electron chi connectivity index (χ0n) is 17.4. The molecule has 0 nitrogen and oxygen atoms in total. The third kappa shape index (κ3) is 22.0. The second-order valence-corrected chi connectivity index (χ2v) is 7.88. The molecule has 0 amide bonds. The maximum atomic E-state index is 2.53. The summed E-state index contributed by atoms with van der Waals surface area (Å²) >= 11 is 0. The minimum atomic E-state index is 1.35. The summed E-state index contributed by atoms with van der Waals surface area (Å²) in [7, 11) is 0. The van der Waals surface area contributed by atoms with Gasteiger partial charge in [-0.15, -0.1) is 0 Å². The molecule has 0 unspecified atom stereocenters. The molecule has 0 aliphatic carbocycles. The molecule has 0 aliphatic rings. The van der Waals surface area contributed by atoms with Crippen LogP contribution < -0.4 is 0 Å². The average molecular weight is 338 g/mol. The van der Waals surface area contributed by atoms with Crippen LogP contribution in [0.2, 0.25) is 0 Å². The molecule has 0 fully saturated rings. The molecule has 0 atom stereocenters. The van der Waals surface area contributed by atoms with Gasteiger partial charge in [0.05, 0.1) is 0 Å². The normalized spacial score (nSPS) is 11.2. The summed E-state index contributed by atoms with van der Waals surface area (Å²) in [6.07, 6.45) is 32.9. The van der Waals surface area contributed by atoms with Crippen molar-refractivity contribution in [3.8, 4) is 0 Å². The van der Waals surface area contributed by atoms with E-state index in [0.29, 0.717) is 0 Å². The highest BCUT2D eigenvalue weighted by atomic mass is 14.0. The SMILES string of the molecule is CCCCC[CH]CCCCCCCCCCCCCCCCCC. The van der Waals surface area contributed by atoms with Crippen molar-refractivity contribution >= 4 is 0 Å². The van der Waals surface area contributed by atoms with Crippen LogP contribution in [0, 0.1) is 6.42 Å². The first-order chi connectivity index (χ1) is 11.9. The van der Waals surface area contributed by atoms with Crippen LogP contribution in [0.15, 0.2) is 0 Å². The Balaban J connectivity index is 2.93. The van der Waals surface area contributed by atoms with Crippen LogP contribution >= 0.6 is 0 Å². The van der Waals surface area contributed by atoms with Crippen molar-refractivity contribution in [3.05, 3.63) is 6.42 Å². The fourth-order valence-corrected chi connectivity index (χ4v) is 3.52. The lowest BCUT2D eigenvalue weighted by Gasteiger charge is -2.04. The van der Waals surface area contributed by atoms with Crippen molar-refractivity contribution < 1.29 is 0 Å². The molecule has 0 aromatic rings. The molecule has 0 aliphatic heterocycles. The third-order valence-corrected chi connectivity index (χ3v) is 5.27. The second-order valence-electron chi connectivity index (χ2n) is 7.88. The Kier molecular flexibility index (Phi) is 23.0. The Morgan fingerprint density at radius 2 is 0.583 bits per heavy atom.